The molecule has 0 fully saturated rings. The number of hydrogen-bond acceptors (Lipinski definition) is 6. The second kappa shape index (κ2) is 8.54. The minimum atomic E-state index is -0.638. The maximum absolute atomic E-state index is 12.2. The lowest BCUT2D eigenvalue weighted by molar-refractivity contribution is -0.385. The van der Waals surface area contributed by atoms with Crippen LogP contribution in [-0.4, -0.2) is 36.6 Å². The van der Waals surface area contributed by atoms with Gasteiger partial charge < -0.3 is 20.5 Å². The number of hydrogen-bond donors (Lipinski definition) is 2. The van der Waals surface area contributed by atoms with Crippen LogP contribution in [0.25, 0.3) is 0 Å². The third kappa shape index (κ3) is 5.91. The number of nitrogens with zero attached hydrogens (tertiary/aromatic N) is 1. The molecule has 1 rings (SSSR count). The summed E-state index contributed by atoms with van der Waals surface area (Å²) in [6, 6.07) is 2.48. The highest BCUT2D eigenvalue weighted by Crippen LogP contribution is 2.34. The zero-order valence-corrected chi connectivity index (χ0v) is 14.4. The van der Waals surface area contributed by atoms with E-state index >= 15 is 0 Å². The zero-order valence-electron chi connectivity index (χ0n) is 13.5. The van der Waals surface area contributed by atoms with Crippen LogP contribution >= 0.6 is 12.4 Å². The Hall–Kier alpha value is -2.06. The molecule has 130 valence electrons. The number of ether oxygens (including phenoxy) is 2. The van der Waals surface area contributed by atoms with Gasteiger partial charge in [-0.15, -0.1) is 12.4 Å². The number of carbonyl (C=O) groups excluding carboxylic acids is 1. The van der Waals surface area contributed by atoms with Crippen molar-refractivity contribution in [1.29, 1.82) is 0 Å². The molecule has 0 radical (unpaired) electrons. The first-order chi connectivity index (χ1) is 10.2. The molecule has 1 aromatic carbocycles. The van der Waals surface area contributed by atoms with E-state index in [0.717, 1.165) is 0 Å². The average molecular weight is 348 g/mol. The first kappa shape index (κ1) is 20.9. The molecule has 0 bridgehead atoms. The molecule has 23 heavy (non-hydrogen) atoms. The van der Waals surface area contributed by atoms with E-state index in [0.29, 0.717) is 6.61 Å². The first-order valence-corrected chi connectivity index (χ1v) is 6.76. The summed E-state index contributed by atoms with van der Waals surface area (Å²) in [5, 5.41) is 13.7. The molecule has 1 aromatic rings. The van der Waals surface area contributed by atoms with Crippen molar-refractivity contribution in [3.63, 3.8) is 0 Å². The van der Waals surface area contributed by atoms with Crippen molar-refractivity contribution in [3.8, 4) is 11.5 Å². The van der Waals surface area contributed by atoms with E-state index in [9.17, 15) is 14.9 Å². The van der Waals surface area contributed by atoms with Gasteiger partial charge in [0.25, 0.3) is 11.6 Å². The highest BCUT2D eigenvalue weighted by atomic mass is 35.5. The van der Waals surface area contributed by atoms with E-state index in [-0.39, 0.29) is 41.7 Å². The summed E-state index contributed by atoms with van der Waals surface area (Å²) in [4.78, 5) is 22.7. The molecule has 0 aromatic heterocycles. The van der Waals surface area contributed by atoms with Gasteiger partial charge in [-0.05, 0) is 20.8 Å². The van der Waals surface area contributed by atoms with Crippen LogP contribution in [0.3, 0.4) is 0 Å². The number of nitrogens with two attached hydrogens (primary N) is 1. The molecule has 1 amide bonds. The summed E-state index contributed by atoms with van der Waals surface area (Å²) >= 11 is 0. The first-order valence-electron chi connectivity index (χ1n) is 6.76. The van der Waals surface area contributed by atoms with Crippen molar-refractivity contribution < 1.29 is 19.2 Å². The Kier molecular flexibility index (Phi) is 7.78. The minimum Gasteiger partial charge on any atom is -0.493 e. The fourth-order valence-corrected chi connectivity index (χ4v) is 1.71. The molecule has 0 atom stereocenters. The van der Waals surface area contributed by atoms with Gasteiger partial charge in [-0.3, -0.25) is 14.9 Å². The third-order valence-corrected chi connectivity index (χ3v) is 2.73. The van der Waals surface area contributed by atoms with Crippen LogP contribution in [0.5, 0.6) is 11.5 Å². The fourth-order valence-electron chi connectivity index (χ4n) is 1.71. The SMILES string of the molecule is CCOc1cc(C(=O)NCC(C)(C)N)c([N+](=O)[O-])cc1OC.Cl. The Balaban J connectivity index is 0.00000484. The van der Waals surface area contributed by atoms with Gasteiger partial charge in [0.1, 0.15) is 5.56 Å². The maximum Gasteiger partial charge on any atom is 0.286 e. The van der Waals surface area contributed by atoms with Gasteiger partial charge in [0, 0.05) is 18.2 Å². The lowest BCUT2D eigenvalue weighted by atomic mass is 10.1. The predicted octanol–water partition coefficient (Wildman–Crippen LogP) is 1.89. The van der Waals surface area contributed by atoms with Gasteiger partial charge in [0.2, 0.25) is 0 Å². The summed E-state index contributed by atoms with van der Waals surface area (Å²) in [6.45, 7) is 5.75. The number of amides is 1. The normalized spacial score (nSPS) is 10.5. The van der Waals surface area contributed by atoms with Crippen LogP contribution in [0, 0.1) is 10.1 Å². The van der Waals surface area contributed by atoms with E-state index in [1.807, 2.05) is 0 Å². The molecular weight excluding hydrogens is 326 g/mol. The maximum atomic E-state index is 12.2. The van der Waals surface area contributed by atoms with Crippen LogP contribution in [0.2, 0.25) is 0 Å². The molecule has 0 saturated heterocycles. The molecule has 9 heteroatoms. The number of rotatable bonds is 7. The highest BCUT2D eigenvalue weighted by Gasteiger charge is 2.25. The lowest BCUT2D eigenvalue weighted by Crippen LogP contribution is -2.45. The topological polar surface area (TPSA) is 117 Å². The number of methoxy groups -OCH3 is 1. The number of nitro benzene ring substituents is 1. The van der Waals surface area contributed by atoms with E-state index in [2.05, 4.69) is 5.32 Å². The molecule has 0 aliphatic heterocycles. The van der Waals surface area contributed by atoms with Crippen LogP contribution in [-0.2, 0) is 0 Å². The Morgan fingerprint density at radius 3 is 2.43 bits per heavy atom. The smallest absolute Gasteiger partial charge is 0.286 e. The van der Waals surface area contributed by atoms with Crippen LogP contribution in [0.15, 0.2) is 12.1 Å². The molecule has 0 aliphatic rings. The van der Waals surface area contributed by atoms with Crippen molar-refractivity contribution in [2.75, 3.05) is 20.3 Å². The van der Waals surface area contributed by atoms with Crippen molar-refractivity contribution in [1.82, 2.24) is 5.32 Å². The molecule has 0 aliphatic carbocycles. The van der Waals surface area contributed by atoms with Crippen molar-refractivity contribution in [2.45, 2.75) is 26.3 Å². The minimum absolute atomic E-state index is 0. The third-order valence-electron chi connectivity index (χ3n) is 2.73. The summed E-state index contributed by atoms with van der Waals surface area (Å²) in [6.07, 6.45) is 0. The predicted molar refractivity (Wildman–Crippen MR) is 88.7 cm³/mol. The van der Waals surface area contributed by atoms with E-state index in [1.165, 1.54) is 19.2 Å². The second-order valence-corrected chi connectivity index (χ2v) is 5.38. The molecule has 0 heterocycles. The van der Waals surface area contributed by atoms with Gasteiger partial charge in [-0.1, -0.05) is 0 Å². The van der Waals surface area contributed by atoms with Gasteiger partial charge in [0.15, 0.2) is 11.5 Å². The van der Waals surface area contributed by atoms with Crippen molar-refractivity contribution in [2.24, 2.45) is 5.73 Å². The number of halogens is 1. The Bertz CT molecular complexity index is 572. The Labute approximate surface area is 140 Å². The van der Waals surface area contributed by atoms with Gasteiger partial charge in [-0.2, -0.15) is 0 Å². The zero-order chi connectivity index (χ0) is 16.9. The van der Waals surface area contributed by atoms with Gasteiger partial charge in [0.05, 0.1) is 24.7 Å². The second-order valence-electron chi connectivity index (χ2n) is 5.38. The Morgan fingerprint density at radius 2 is 2.00 bits per heavy atom. The monoisotopic (exact) mass is 347 g/mol. The number of nitro groups is 1. The van der Waals surface area contributed by atoms with Crippen LogP contribution in [0.1, 0.15) is 31.1 Å². The van der Waals surface area contributed by atoms with Crippen LogP contribution < -0.4 is 20.5 Å². The molecular formula is C14H22ClN3O5. The van der Waals surface area contributed by atoms with Crippen LogP contribution in [0.4, 0.5) is 5.69 Å². The summed E-state index contributed by atoms with van der Waals surface area (Å²) < 4.78 is 10.4. The largest absolute Gasteiger partial charge is 0.493 e. The summed E-state index contributed by atoms with van der Waals surface area (Å²) in [5.74, 6) is -0.120. The van der Waals surface area contributed by atoms with Gasteiger partial charge >= 0.3 is 0 Å². The highest BCUT2D eigenvalue weighted by molar-refractivity contribution is 5.99. The average Bonchev–Trinajstić information content (AvgIpc) is 2.43. The van der Waals surface area contributed by atoms with Crippen molar-refractivity contribution in [3.05, 3.63) is 27.8 Å². The standard InChI is InChI=1S/C14H21N3O5.ClH/c1-5-22-12-6-9(13(18)16-8-14(2,3)15)10(17(19)20)7-11(12)21-4;/h6-7H,5,8,15H2,1-4H3,(H,16,18);1H. The molecule has 0 spiro atoms. The number of benzene rings is 1. The molecule has 3 N–H and O–H groups in total. The van der Waals surface area contributed by atoms with E-state index < -0.39 is 16.4 Å². The Morgan fingerprint density at radius 1 is 1.39 bits per heavy atom. The fraction of sp³-hybridized carbons (Fsp3) is 0.500. The number of carbonyl (C=O) groups is 1. The van der Waals surface area contributed by atoms with E-state index in [1.54, 1.807) is 20.8 Å². The van der Waals surface area contributed by atoms with E-state index in [4.69, 9.17) is 15.2 Å². The van der Waals surface area contributed by atoms with Gasteiger partial charge in [-0.25, -0.2) is 0 Å². The summed E-state index contributed by atoms with van der Waals surface area (Å²) in [7, 11) is 1.37. The van der Waals surface area contributed by atoms with Crippen molar-refractivity contribution >= 4 is 24.0 Å². The quantitative estimate of drug-likeness (QED) is 0.574. The molecule has 8 nitrogen and oxygen atoms in total. The molecule has 0 saturated carbocycles. The molecule has 0 unspecified atom stereocenters. The summed E-state index contributed by atoms with van der Waals surface area (Å²) in [5.41, 5.74) is 4.71. The lowest BCUT2D eigenvalue weighted by Gasteiger charge is -2.19. The number of nitrogens with one attached hydrogen (secondary N) is 1.